The van der Waals surface area contributed by atoms with Gasteiger partial charge in [-0.05, 0) is 19.8 Å². The minimum absolute atomic E-state index is 0.103. The quantitative estimate of drug-likeness (QED) is 0.774. The predicted molar refractivity (Wildman–Crippen MR) is 79.6 cm³/mol. The number of nitrogens with one attached hydrogen (secondary N) is 1. The number of carbonyl (C=O) groups is 1. The van der Waals surface area contributed by atoms with Crippen molar-refractivity contribution < 1.29 is 4.79 Å². The van der Waals surface area contributed by atoms with Crippen LogP contribution in [-0.4, -0.2) is 20.7 Å². The number of aryl methyl sites for hydroxylation is 1. The third-order valence-corrected chi connectivity index (χ3v) is 4.28. The van der Waals surface area contributed by atoms with Crippen LogP contribution in [0.3, 0.4) is 0 Å². The molecule has 0 saturated heterocycles. The Morgan fingerprint density at radius 2 is 2.11 bits per heavy atom. The largest absolute Gasteiger partial charge is 0.392 e. The van der Waals surface area contributed by atoms with E-state index in [0.29, 0.717) is 19.4 Å². The second kappa shape index (κ2) is 6.14. The molecule has 0 radical (unpaired) electrons. The summed E-state index contributed by atoms with van der Waals surface area (Å²) in [6, 6.07) is 0. The molecule has 0 unspecified atom stereocenters. The number of nitrogens with two attached hydrogens (primary N) is 1. The van der Waals surface area contributed by atoms with Gasteiger partial charge in [-0.3, -0.25) is 9.48 Å². The van der Waals surface area contributed by atoms with E-state index in [9.17, 15) is 4.79 Å². The smallest absolute Gasteiger partial charge is 0.233 e. The molecule has 1 heterocycles. The fraction of sp³-hybridized carbons (Fsp3) is 0.615. The number of aromatic nitrogens is 2. The fourth-order valence-corrected chi connectivity index (χ4v) is 2.48. The summed E-state index contributed by atoms with van der Waals surface area (Å²) in [4.78, 5) is 12.6. The van der Waals surface area contributed by atoms with E-state index in [0.717, 1.165) is 11.3 Å². The van der Waals surface area contributed by atoms with Gasteiger partial charge >= 0.3 is 0 Å². The first-order valence-corrected chi connectivity index (χ1v) is 6.85. The molecule has 5 nitrogen and oxygen atoms in total. The number of hydrogen-bond acceptors (Lipinski definition) is 3. The van der Waals surface area contributed by atoms with Crippen LogP contribution in [0.2, 0.25) is 0 Å². The molecule has 0 bridgehead atoms. The first kappa shape index (κ1) is 15.6. The highest BCUT2D eigenvalue weighted by atomic mass is 32.1. The summed E-state index contributed by atoms with van der Waals surface area (Å²) >= 11 is 5.06. The van der Waals surface area contributed by atoms with Crippen molar-refractivity contribution >= 4 is 23.1 Å². The Kier molecular flexibility index (Phi) is 5.05. The fourth-order valence-electron chi connectivity index (χ4n) is 2.09. The average molecular weight is 282 g/mol. The van der Waals surface area contributed by atoms with E-state index in [4.69, 9.17) is 18.0 Å². The molecule has 1 aromatic rings. The topological polar surface area (TPSA) is 72.9 Å². The Bertz CT molecular complexity index is 477. The molecule has 1 rings (SSSR count). The SMILES string of the molecule is CCC(CC)(C(=O)NCc1cnn(C)c1C)C(N)=S. The van der Waals surface area contributed by atoms with Crippen LogP contribution in [0.4, 0.5) is 0 Å². The Hall–Kier alpha value is -1.43. The zero-order valence-corrected chi connectivity index (χ0v) is 12.8. The molecule has 1 amide bonds. The first-order valence-electron chi connectivity index (χ1n) is 6.44. The maximum atomic E-state index is 12.4. The molecule has 0 aliphatic rings. The molecular formula is C13H22N4OS. The van der Waals surface area contributed by atoms with Gasteiger partial charge in [0.25, 0.3) is 0 Å². The number of rotatable bonds is 6. The van der Waals surface area contributed by atoms with E-state index in [1.165, 1.54) is 0 Å². The molecule has 6 heteroatoms. The van der Waals surface area contributed by atoms with Gasteiger partial charge < -0.3 is 11.1 Å². The van der Waals surface area contributed by atoms with Gasteiger partial charge in [-0.25, -0.2) is 0 Å². The highest BCUT2D eigenvalue weighted by molar-refractivity contribution is 7.80. The predicted octanol–water partition coefficient (Wildman–Crippen LogP) is 1.44. The molecule has 0 spiro atoms. The third-order valence-electron chi connectivity index (χ3n) is 3.89. The minimum Gasteiger partial charge on any atom is -0.392 e. The van der Waals surface area contributed by atoms with Gasteiger partial charge in [-0.1, -0.05) is 26.1 Å². The Morgan fingerprint density at radius 1 is 1.53 bits per heavy atom. The van der Waals surface area contributed by atoms with Crippen molar-refractivity contribution in [3.05, 3.63) is 17.5 Å². The Balaban J connectivity index is 2.79. The van der Waals surface area contributed by atoms with Crippen molar-refractivity contribution in [3.63, 3.8) is 0 Å². The summed E-state index contributed by atoms with van der Waals surface area (Å²) in [5.41, 5.74) is 7.04. The van der Waals surface area contributed by atoms with Crippen LogP contribution in [0.15, 0.2) is 6.20 Å². The van der Waals surface area contributed by atoms with Gasteiger partial charge in [0.1, 0.15) is 0 Å². The normalized spacial score (nSPS) is 11.4. The van der Waals surface area contributed by atoms with Gasteiger partial charge in [0.05, 0.1) is 16.6 Å². The lowest BCUT2D eigenvalue weighted by Gasteiger charge is -2.28. The molecule has 106 valence electrons. The summed E-state index contributed by atoms with van der Waals surface area (Å²) < 4.78 is 1.78. The van der Waals surface area contributed by atoms with Crippen LogP contribution in [0.1, 0.15) is 37.9 Å². The second-order valence-electron chi connectivity index (χ2n) is 4.71. The maximum absolute atomic E-state index is 12.4. The third kappa shape index (κ3) is 2.94. The number of nitrogens with zero attached hydrogens (tertiary/aromatic N) is 2. The molecule has 0 aliphatic carbocycles. The lowest BCUT2D eigenvalue weighted by molar-refractivity contribution is -0.128. The van der Waals surface area contributed by atoms with Crippen molar-refractivity contribution in [2.24, 2.45) is 18.2 Å². The molecule has 0 fully saturated rings. The van der Waals surface area contributed by atoms with Crippen molar-refractivity contribution in [1.82, 2.24) is 15.1 Å². The van der Waals surface area contributed by atoms with Crippen LogP contribution in [0.25, 0.3) is 0 Å². The zero-order valence-electron chi connectivity index (χ0n) is 12.0. The molecule has 0 saturated carbocycles. The summed E-state index contributed by atoms with van der Waals surface area (Å²) in [6.07, 6.45) is 2.98. The monoisotopic (exact) mass is 282 g/mol. The lowest BCUT2D eigenvalue weighted by Crippen LogP contribution is -2.48. The Morgan fingerprint density at radius 3 is 2.47 bits per heavy atom. The van der Waals surface area contributed by atoms with E-state index in [2.05, 4.69) is 10.4 Å². The average Bonchev–Trinajstić information content (AvgIpc) is 2.69. The second-order valence-corrected chi connectivity index (χ2v) is 5.15. The number of thiocarbonyl (C=S) groups is 1. The molecular weight excluding hydrogens is 260 g/mol. The van der Waals surface area contributed by atoms with Crippen LogP contribution in [-0.2, 0) is 18.4 Å². The molecule has 19 heavy (non-hydrogen) atoms. The van der Waals surface area contributed by atoms with Gasteiger partial charge in [-0.15, -0.1) is 0 Å². The summed E-state index contributed by atoms with van der Waals surface area (Å²) in [6.45, 7) is 6.27. The van der Waals surface area contributed by atoms with Crippen molar-refractivity contribution in [1.29, 1.82) is 0 Å². The van der Waals surface area contributed by atoms with E-state index in [1.807, 2.05) is 27.8 Å². The molecule has 1 aromatic heterocycles. The number of hydrogen-bond donors (Lipinski definition) is 2. The molecule has 3 N–H and O–H groups in total. The summed E-state index contributed by atoms with van der Waals surface area (Å²) in [7, 11) is 1.87. The van der Waals surface area contributed by atoms with Gasteiger partial charge in [0.15, 0.2) is 0 Å². The van der Waals surface area contributed by atoms with Crippen LogP contribution in [0, 0.1) is 12.3 Å². The van der Waals surface area contributed by atoms with E-state index in [1.54, 1.807) is 10.9 Å². The van der Waals surface area contributed by atoms with Crippen molar-refractivity contribution in [2.75, 3.05) is 0 Å². The highest BCUT2D eigenvalue weighted by Crippen LogP contribution is 2.27. The standard InChI is InChI=1S/C13H22N4OS/c1-5-13(6-2,11(14)19)12(18)15-7-10-8-16-17(4)9(10)3/h8H,5-7H2,1-4H3,(H2,14,19)(H,15,18). The van der Waals surface area contributed by atoms with Crippen LogP contribution >= 0.6 is 12.2 Å². The van der Waals surface area contributed by atoms with E-state index in [-0.39, 0.29) is 10.9 Å². The minimum atomic E-state index is -0.745. The van der Waals surface area contributed by atoms with Crippen molar-refractivity contribution in [2.45, 2.75) is 40.2 Å². The van der Waals surface area contributed by atoms with Gasteiger partial charge in [0.2, 0.25) is 5.91 Å². The van der Waals surface area contributed by atoms with Crippen molar-refractivity contribution in [3.8, 4) is 0 Å². The Labute approximate surface area is 119 Å². The number of carbonyl (C=O) groups excluding carboxylic acids is 1. The van der Waals surface area contributed by atoms with Crippen LogP contribution < -0.4 is 11.1 Å². The zero-order chi connectivity index (χ0) is 14.6. The first-order chi connectivity index (χ1) is 8.89. The van der Waals surface area contributed by atoms with Gasteiger partial charge in [-0.2, -0.15) is 5.10 Å². The summed E-state index contributed by atoms with van der Waals surface area (Å²) in [5, 5.41) is 7.06. The van der Waals surface area contributed by atoms with Crippen LogP contribution in [0.5, 0.6) is 0 Å². The molecule has 0 atom stereocenters. The lowest BCUT2D eigenvalue weighted by atomic mass is 9.81. The van der Waals surface area contributed by atoms with E-state index < -0.39 is 5.41 Å². The molecule has 0 aliphatic heterocycles. The number of amides is 1. The van der Waals surface area contributed by atoms with Gasteiger partial charge in [0, 0.05) is 24.8 Å². The van der Waals surface area contributed by atoms with E-state index >= 15 is 0 Å². The summed E-state index contributed by atoms with van der Waals surface area (Å²) in [5.74, 6) is -0.103. The highest BCUT2D eigenvalue weighted by Gasteiger charge is 2.37. The maximum Gasteiger partial charge on any atom is 0.233 e. The molecule has 0 aromatic carbocycles.